The summed E-state index contributed by atoms with van der Waals surface area (Å²) in [5.41, 5.74) is 0.892. The second-order valence-corrected chi connectivity index (χ2v) is 7.11. The maximum Gasteiger partial charge on any atom is 0.362 e. The topological polar surface area (TPSA) is 99.6 Å². The van der Waals surface area contributed by atoms with E-state index >= 15 is 0 Å². The number of β-lactam (4-membered cyclic amide) rings is 1. The molecule has 0 radical (unpaired) electrons. The second-order valence-electron chi connectivity index (χ2n) is 5.80. The molecule has 2 aromatic rings. The fourth-order valence-electron chi connectivity index (χ4n) is 2.88. The molecular formula is C18H18ClN3O6S. The number of anilines is 1. The molecule has 1 fully saturated rings. The number of ether oxygens (including phenoxy) is 3. The van der Waals surface area contributed by atoms with Crippen molar-refractivity contribution in [1.82, 2.24) is 4.98 Å². The molecular weight excluding hydrogens is 422 g/mol. The predicted octanol–water partition coefficient (Wildman–Crippen LogP) is 2.38. The van der Waals surface area contributed by atoms with E-state index in [1.54, 1.807) is 24.6 Å². The lowest BCUT2D eigenvalue weighted by Gasteiger charge is -2.42. The number of halogens is 1. The van der Waals surface area contributed by atoms with Gasteiger partial charge in [-0.1, -0.05) is 11.2 Å². The van der Waals surface area contributed by atoms with Crippen molar-refractivity contribution in [3.63, 3.8) is 0 Å². The van der Waals surface area contributed by atoms with E-state index < -0.39 is 17.4 Å². The first-order valence-corrected chi connectivity index (χ1v) is 9.62. The van der Waals surface area contributed by atoms with Gasteiger partial charge in [0.2, 0.25) is 11.6 Å². The number of nitrogens with zero attached hydrogens (tertiary/aromatic N) is 3. The number of benzene rings is 1. The summed E-state index contributed by atoms with van der Waals surface area (Å²) < 4.78 is 15.3. The summed E-state index contributed by atoms with van der Waals surface area (Å²) in [6.07, 6.45) is 0. The van der Waals surface area contributed by atoms with Gasteiger partial charge in [0.05, 0.1) is 27.4 Å². The van der Waals surface area contributed by atoms with Crippen LogP contribution in [-0.2, 0) is 19.2 Å². The smallest absolute Gasteiger partial charge is 0.362 e. The van der Waals surface area contributed by atoms with Gasteiger partial charge >= 0.3 is 5.97 Å². The minimum atomic E-state index is -0.756. The Kier molecular flexibility index (Phi) is 6.23. The average Bonchev–Trinajstić information content (AvgIpc) is 3.22. The quantitative estimate of drug-likeness (QED) is 0.215. The summed E-state index contributed by atoms with van der Waals surface area (Å²) in [6, 6.07) is 4.86. The van der Waals surface area contributed by atoms with E-state index in [1.165, 1.54) is 37.6 Å². The molecule has 1 aromatic heterocycles. The monoisotopic (exact) mass is 439 g/mol. The first-order chi connectivity index (χ1) is 14.0. The summed E-state index contributed by atoms with van der Waals surface area (Å²) in [7, 11) is 5.60. The van der Waals surface area contributed by atoms with Gasteiger partial charge in [-0.15, -0.1) is 22.9 Å². The molecule has 0 saturated carbocycles. The number of esters is 1. The van der Waals surface area contributed by atoms with Gasteiger partial charge in [-0.05, 0) is 17.7 Å². The van der Waals surface area contributed by atoms with E-state index in [0.29, 0.717) is 16.6 Å². The van der Waals surface area contributed by atoms with Crippen molar-refractivity contribution in [1.29, 1.82) is 0 Å². The zero-order chi connectivity index (χ0) is 21.1. The van der Waals surface area contributed by atoms with Gasteiger partial charge in [0.25, 0.3) is 0 Å². The normalized spacial score (nSPS) is 18.9. The maximum atomic E-state index is 12.5. The summed E-state index contributed by atoms with van der Waals surface area (Å²) >= 11 is 7.47. The van der Waals surface area contributed by atoms with Crippen LogP contribution < -0.4 is 14.4 Å². The third-order valence-electron chi connectivity index (χ3n) is 4.28. The van der Waals surface area contributed by atoms with Crippen LogP contribution in [0, 0.1) is 0 Å². The number of thiazole rings is 1. The van der Waals surface area contributed by atoms with E-state index in [9.17, 15) is 9.59 Å². The number of carbonyl (C=O) groups excluding carboxylic acids is 2. The van der Waals surface area contributed by atoms with Crippen molar-refractivity contribution in [2.75, 3.05) is 33.3 Å². The van der Waals surface area contributed by atoms with E-state index in [2.05, 4.69) is 10.1 Å². The molecule has 1 saturated heterocycles. The number of amides is 1. The van der Waals surface area contributed by atoms with Crippen LogP contribution in [0.25, 0.3) is 0 Å². The molecule has 29 heavy (non-hydrogen) atoms. The predicted molar refractivity (Wildman–Crippen MR) is 107 cm³/mol. The lowest BCUT2D eigenvalue weighted by atomic mass is 9.93. The fourth-order valence-corrected chi connectivity index (χ4v) is 4.09. The van der Waals surface area contributed by atoms with Crippen LogP contribution in [0.4, 0.5) is 5.13 Å². The minimum Gasteiger partial charge on any atom is -0.493 e. The molecule has 1 aliphatic heterocycles. The van der Waals surface area contributed by atoms with Gasteiger partial charge < -0.3 is 19.0 Å². The third kappa shape index (κ3) is 3.73. The van der Waals surface area contributed by atoms with Gasteiger partial charge in [0, 0.05) is 5.38 Å². The Morgan fingerprint density at radius 2 is 1.93 bits per heavy atom. The highest BCUT2D eigenvalue weighted by molar-refractivity contribution is 7.14. The Morgan fingerprint density at radius 3 is 2.55 bits per heavy atom. The molecule has 0 bridgehead atoms. The minimum absolute atomic E-state index is 0.101. The number of rotatable bonds is 7. The molecule has 1 aliphatic rings. The van der Waals surface area contributed by atoms with Crippen LogP contribution in [0.15, 0.2) is 28.7 Å². The van der Waals surface area contributed by atoms with Crippen molar-refractivity contribution in [2.45, 2.75) is 11.4 Å². The number of hydrogen-bond donors (Lipinski definition) is 0. The highest BCUT2D eigenvalue weighted by Gasteiger charge is 2.49. The van der Waals surface area contributed by atoms with Gasteiger partial charge in [-0.25, -0.2) is 9.78 Å². The highest BCUT2D eigenvalue weighted by Crippen LogP contribution is 2.45. The van der Waals surface area contributed by atoms with Gasteiger partial charge in [-0.3, -0.25) is 9.69 Å². The molecule has 11 heteroatoms. The van der Waals surface area contributed by atoms with Crippen molar-refractivity contribution in [3.05, 3.63) is 34.8 Å². The van der Waals surface area contributed by atoms with Gasteiger partial charge in [-0.2, -0.15) is 0 Å². The Balaban J connectivity index is 1.94. The molecule has 0 aliphatic carbocycles. The number of carbonyl (C=O) groups is 2. The summed E-state index contributed by atoms with van der Waals surface area (Å²) in [6.45, 7) is 0. The maximum absolute atomic E-state index is 12.5. The van der Waals surface area contributed by atoms with Crippen LogP contribution in [-0.4, -0.2) is 56.4 Å². The molecule has 9 nitrogen and oxygen atoms in total. The first-order valence-electron chi connectivity index (χ1n) is 8.31. The van der Waals surface area contributed by atoms with E-state index in [1.807, 2.05) is 6.07 Å². The summed E-state index contributed by atoms with van der Waals surface area (Å²) in [5, 5.41) is 4.86. The van der Waals surface area contributed by atoms with Crippen LogP contribution >= 0.6 is 22.9 Å². The fraction of sp³-hybridized carbons (Fsp3) is 0.333. The molecule has 2 unspecified atom stereocenters. The lowest BCUT2D eigenvalue weighted by molar-refractivity contribution is -0.132. The zero-order valence-corrected chi connectivity index (χ0v) is 17.6. The molecule has 3 rings (SSSR count). The van der Waals surface area contributed by atoms with Crippen molar-refractivity contribution < 1.29 is 28.6 Å². The first kappa shape index (κ1) is 20.9. The molecule has 1 aromatic carbocycles. The van der Waals surface area contributed by atoms with Gasteiger partial charge in [0.1, 0.15) is 18.2 Å². The second kappa shape index (κ2) is 8.66. The van der Waals surface area contributed by atoms with Crippen molar-refractivity contribution in [2.24, 2.45) is 5.16 Å². The molecule has 154 valence electrons. The molecule has 2 heterocycles. The largest absolute Gasteiger partial charge is 0.493 e. The molecule has 2 atom stereocenters. The number of methoxy groups -OCH3 is 3. The Bertz CT molecular complexity index is 963. The average molecular weight is 440 g/mol. The van der Waals surface area contributed by atoms with Crippen LogP contribution in [0.2, 0.25) is 0 Å². The van der Waals surface area contributed by atoms with Crippen molar-refractivity contribution in [3.8, 4) is 11.5 Å². The molecule has 0 N–H and O–H groups in total. The Labute approximate surface area is 175 Å². The zero-order valence-electron chi connectivity index (χ0n) is 16.0. The lowest BCUT2D eigenvalue weighted by Crippen LogP contribution is -2.56. The van der Waals surface area contributed by atoms with E-state index in [0.717, 1.165) is 5.56 Å². The Morgan fingerprint density at radius 1 is 1.21 bits per heavy atom. The SMILES string of the molecule is CO/N=C(\C(=O)OC)c1csc(N2C(=O)C(Cl)C2c2ccc(OC)c(OC)c2)n1. The highest BCUT2D eigenvalue weighted by atomic mass is 35.5. The number of alkyl halides is 1. The third-order valence-corrected chi connectivity index (χ3v) is 5.55. The number of aromatic nitrogens is 1. The van der Waals surface area contributed by atoms with Crippen LogP contribution in [0.5, 0.6) is 11.5 Å². The molecule has 1 amide bonds. The van der Waals surface area contributed by atoms with Crippen LogP contribution in [0.1, 0.15) is 17.3 Å². The van der Waals surface area contributed by atoms with E-state index in [-0.39, 0.29) is 17.3 Å². The standard InChI is InChI=1S/C18H18ClN3O6S/c1-25-11-6-5-9(7-12(11)26-2)15-13(19)16(23)22(15)18-20-10(8-29-18)14(21-28-4)17(24)27-3/h5-8,13,15H,1-4H3/b21-14-. The van der Waals surface area contributed by atoms with Gasteiger partial charge in [0.15, 0.2) is 16.6 Å². The van der Waals surface area contributed by atoms with E-state index in [4.69, 9.17) is 30.6 Å². The number of oxime groups is 1. The molecule has 0 spiro atoms. The van der Waals surface area contributed by atoms with Crippen molar-refractivity contribution >= 4 is 45.7 Å². The van der Waals surface area contributed by atoms with Crippen LogP contribution in [0.3, 0.4) is 0 Å². The summed E-state index contributed by atoms with van der Waals surface area (Å²) in [5.74, 6) is 0.0868. The summed E-state index contributed by atoms with van der Waals surface area (Å²) in [4.78, 5) is 34.9. The Hall–Kier alpha value is -2.85. The number of hydrogen-bond acceptors (Lipinski definition) is 9.